The number of benzene rings is 2. The minimum atomic E-state index is -2.08. The summed E-state index contributed by atoms with van der Waals surface area (Å²) in [5, 5.41) is 21.5. The Morgan fingerprint density at radius 3 is 2.55 bits per heavy atom. The third-order valence-electron chi connectivity index (χ3n) is 9.04. The van der Waals surface area contributed by atoms with Gasteiger partial charge in [-0.3, -0.25) is 14.7 Å². The molecule has 11 heteroatoms. The fraction of sp³-hybridized carbons (Fsp3) is 0.424. The van der Waals surface area contributed by atoms with Crippen molar-refractivity contribution in [1.29, 1.82) is 5.26 Å². The van der Waals surface area contributed by atoms with Crippen LogP contribution < -0.4 is 0 Å². The lowest BCUT2D eigenvalue weighted by molar-refractivity contribution is -0.155. The van der Waals surface area contributed by atoms with E-state index >= 15 is 8.78 Å². The van der Waals surface area contributed by atoms with E-state index in [-0.39, 0.29) is 62.3 Å². The van der Waals surface area contributed by atoms with Gasteiger partial charge in [0, 0.05) is 49.4 Å². The van der Waals surface area contributed by atoms with E-state index in [0.717, 1.165) is 6.07 Å². The smallest absolute Gasteiger partial charge is 0.257 e. The first kappa shape index (κ1) is 30.6. The van der Waals surface area contributed by atoms with Crippen LogP contribution >= 0.6 is 11.6 Å². The number of ether oxygens (including phenoxy) is 3. The van der Waals surface area contributed by atoms with Crippen molar-refractivity contribution in [1.82, 2.24) is 9.88 Å². The number of alkyl halides is 1. The molecule has 44 heavy (non-hydrogen) atoms. The molecule has 1 aromatic heterocycles. The number of carbonyl (C=O) groups excluding carboxylic acids is 1. The number of rotatable bonds is 8. The van der Waals surface area contributed by atoms with Crippen molar-refractivity contribution in [2.24, 2.45) is 0 Å². The van der Waals surface area contributed by atoms with Gasteiger partial charge in [-0.15, -0.1) is 0 Å². The first-order valence-electron chi connectivity index (χ1n) is 14.7. The highest BCUT2D eigenvalue weighted by Crippen LogP contribution is 2.52. The molecule has 2 saturated heterocycles. The van der Waals surface area contributed by atoms with Crippen LogP contribution in [0.3, 0.4) is 0 Å². The van der Waals surface area contributed by atoms with Gasteiger partial charge in [-0.2, -0.15) is 5.26 Å². The van der Waals surface area contributed by atoms with Gasteiger partial charge in [0.05, 0.1) is 41.6 Å². The molecule has 0 saturated carbocycles. The van der Waals surface area contributed by atoms with Crippen molar-refractivity contribution in [3.63, 3.8) is 0 Å². The second-order valence-corrected chi connectivity index (χ2v) is 11.9. The lowest BCUT2D eigenvalue weighted by atomic mass is 9.72. The normalized spacial score (nSPS) is 24.1. The highest BCUT2D eigenvalue weighted by atomic mass is 35.5. The Bertz CT molecular complexity index is 1590. The Morgan fingerprint density at radius 2 is 1.93 bits per heavy atom. The molecule has 0 aliphatic carbocycles. The Balaban J connectivity index is 1.56. The zero-order valence-corrected chi connectivity index (χ0v) is 24.9. The van der Waals surface area contributed by atoms with E-state index in [2.05, 4.69) is 4.98 Å². The molecular weight excluding hydrogens is 592 g/mol. The molecule has 3 aliphatic heterocycles. The number of amides is 1. The Hall–Kier alpha value is -3.46. The largest absolute Gasteiger partial charge is 0.382 e. The number of fused-ring (bicyclic) bond motifs is 1. The average Bonchev–Trinajstić information content (AvgIpc) is 3.63. The molecule has 3 atom stereocenters. The highest BCUT2D eigenvalue weighted by molar-refractivity contribution is 6.30. The molecule has 1 N–H and O–H groups in total. The summed E-state index contributed by atoms with van der Waals surface area (Å²) in [6.45, 7) is 2.44. The molecule has 2 fully saturated rings. The Kier molecular flexibility index (Phi) is 8.20. The molecule has 3 aliphatic rings. The Morgan fingerprint density at radius 1 is 1.18 bits per heavy atom. The lowest BCUT2D eigenvalue weighted by Crippen LogP contribution is -2.51. The molecule has 0 bridgehead atoms. The highest BCUT2D eigenvalue weighted by Gasteiger charge is 2.58. The number of aromatic nitrogens is 1. The number of nitriles is 1. The van der Waals surface area contributed by atoms with Crippen LogP contribution in [0.5, 0.6) is 0 Å². The quantitative estimate of drug-likeness (QED) is 0.352. The van der Waals surface area contributed by atoms with E-state index in [1.807, 2.05) is 6.07 Å². The van der Waals surface area contributed by atoms with E-state index in [9.17, 15) is 15.2 Å². The van der Waals surface area contributed by atoms with Gasteiger partial charge in [-0.25, -0.2) is 8.78 Å². The number of aliphatic hydroxyl groups is 1. The fourth-order valence-corrected chi connectivity index (χ4v) is 6.74. The first-order chi connectivity index (χ1) is 21.1. The maximum absolute atomic E-state index is 16.8. The summed E-state index contributed by atoms with van der Waals surface area (Å²) in [5.41, 5.74) is -4.83. The molecule has 8 nitrogen and oxygen atoms in total. The second kappa shape index (κ2) is 11.8. The maximum Gasteiger partial charge on any atom is 0.257 e. The van der Waals surface area contributed by atoms with Crippen molar-refractivity contribution >= 4 is 17.5 Å². The summed E-state index contributed by atoms with van der Waals surface area (Å²) in [6.07, 6.45) is 1.24. The van der Waals surface area contributed by atoms with Gasteiger partial charge in [0.2, 0.25) is 5.72 Å². The summed E-state index contributed by atoms with van der Waals surface area (Å²) in [6, 6.07) is 14.4. The van der Waals surface area contributed by atoms with Crippen LogP contribution in [0.2, 0.25) is 5.02 Å². The zero-order chi connectivity index (χ0) is 31.1. The van der Waals surface area contributed by atoms with Gasteiger partial charge < -0.3 is 19.3 Å². The first-order valence-corrected chi connectivity index (χ1v) is 15.0. The number of hydrogen-bond acceptors (Lipinski definition) is 7. The third kappa shape index (κ3) is 4.97. The summed E-state index contributed by atoms with van der Waals surface area (Å²) >= 11 is 6.24. The van der Waals surface area contributed by atoms with E-state index in [4.69, 9.17) is 25.8 Å². The van der Waals surface area contributed by atoms with Crippen LogP contribution in [-0.4, -0.2) is 59.1 Å². The fourth-order valence-electron chi connectivity index (χ4n) is 6.61. The van der Waals surface area contributed by atoms with Crippen LogP contribution in [0.1, 0.15) is 70.9 Å². The number of hydrogen-bond donors (Lipinski definition) is 1. The lowest BCUT2D eigenvalue weighted by Gasteiger charge is -2.44. The van der Waals surface area contributed by atoms with Crippen LogP contribution in [0.25, 0.3) is 0 Å². The molecule has 1 amide bonds. The van der Waals surface area contributed by atoms with Crippen molar-refractivity contribution in [3.05, 3.63) is 99.1 Å². The van der Waals surface area contributed by atoms with E-state index in [1.54, 1.807) is 43.3 Å². The van der Waals surface area contributed by atoms with Crippen LogP contribution in [0, 0.1) is 17.1 Å². The summed E-state index contributed by atoms with van der Waals surface area (Å²) in [4.78, 5) is 20.2. The average molecular weight is 624 g/mol. The number of nitrogens with zero attached hydrogens (tertiary/aromatic N) is 3. The predicted octanol–water partition coefficient (Wildman–Crippen LogP) is 5.52. The van der Waals surface area contributed by atoms with E-state index in [1.165, 1.54) is 17.2 Å². The molecular formula is C33H32ClF2N3O5. The van der Waals surface area contributed by atoms with Gasteiger partial charge >= 0.3 is 0 Å². The number of pyridine rings is 1. The predicted molar refractivity (Wildman–Crippen MR) is 156 cm³/mol. The Labute approximate surface area is 259 Å². The van der Waals surface area contributed by atoms with Crippen LogP contribution in [0.4, 0.5) is 8.78 Å². The molecule has 4 heterocycles. The molecule has 230 valence electrons. The summed E-state index contributed by atoms with van der Waals surface area (Å²) in [7, 11) is 0. The van der Waals surface area contributed by atoms with Gasteiger partial charge in [0.25, 0.3) is 5.91 Å². The van der Waals surface area contributed by atoms with Crippen molar-refractivity contribution in [3.8, 4) is 6.07 Å². The van der Waals surface area contributed by atoms with Crippen LogP contribution in [0.15, 0.2) is 54.7 Å². The molecule has 3 aromatic rings. The van der Waals surface area contributed by atoms with E-state index < -0.39 is 34.8 Å². The number of carbonyl (C=O) groups is 1. The maximum atomic E-state index is 16.8. The molecule has 2 aromatic carbocycles. The molecule has 2 unspecified atom stereocenters. The van der Waals surface area contributed by atoms with Crippen molar-refractivity contribution in [2.75, 3.05) is 26.4 Å². The molecule has 0 radical (unpaired) electrons. The van der Waals surface area contributed by atoms with Gasteiger partial charge in [0.1, 0.15) is 23.2 Å². The standard InChI is InChI=1S/C33H32ClF2N3O5/c1-2-32(41,31(36)10-13-42-14-11-31)23-15-27-29(28(35)16-23)33(44-26-9-12-43-20-26,22-4-6-24(34)7-5-22)39(30(27)40)19-25-8-3-21(17-37)18-38-25/h3-8,15-16,18,26,41H,2,9-14,19-20H2,1H3/t26?,32?,33-/m1/s1. The van der Waals surface area contributed by atoms with Crippen molar-refractivity contribution in [2.45, 2.75) is 62.3 Å². The van der Waals surface area contributed by atoms with Gasteiger partial charge in [-0.1, -0.05) is 30.7 Å². The van der Waals surface area contributed by atoms with Crippen LogP contribution in [-0.2, 0) is 32.1 Å². The molecule has 6 rings (SSSR count). The topological polar surface area (TPSA) is 105 Å². The monoisotopic (exact) mass is 623 g/mol. The van der Waals surface area contributed by atoms with Crippen molar-refractivity contribution < 1.29 is 32.9 Å². The van der Waals surface area contributed by atoms with Gasteiger partial charge in [-0.05, 0) is 54.8 Å². The third-order valence-corrected chi connectivity index (χ3v) is 9.29. The van der Waals surface area contributed by atoms with Gasteiger partial charge in [0.15, 0.2) is 0 Å². The summed E-state index contributed by atoms with van der Waals surface area (Å²) < 4.78 is 50.9. The number of halogens is 3. The minimum Gasteiger partial charge on any atom is -0.382 e. The second-order valence-electron chi connectivity index (χ2n) is 11.5. The SMILES string of the molecule is CCC(O)(c1cc(F)c2c(c1)C(=O)N(Cc1ccc(C#N)cn1)[C@@]2(OC1CCOC1)c1ccc(Cl)cc1)C1(F)CCOCC1. The van der Waals surface area contributed by atoms with E-state index in [0.29, 0.717) is 34.9 Å². The zero-order valence-electron chi connectivity index (χ0n) is 24.2. The molecule has 0 spiro atoms. The summed E-state index contributed by atoms with van der Waals surface area (Å²) in [5.74, 6) is -1.41. The minimum absolute atomic E-state index is 0.0263.